The molecule has 0 aliphatic carbocycles. The number of rotatable bonds is 5. The van der Waals surface area contributed by atoms with Crippen LogP contribution < -0.4 is 9.46 Å². The highest BCUT2D eigenvalue weighted by atomic mass is 35.5. The Morgan fingerprint density at radius 2 is 1.79 bits per heavy atom. The number of benzene rings is 2. The van der Waals surface area contributed by atoms with E-state index >= 15 is 0 Å². The second-order valence-corrected chi connectivity index (χ2v) is 7.85. The van der Waals surface area contributed by atoms with Gasteiger partial charge in [0.05, 0.1) is 23.4 Å². The Morgan fingerprint density at radius 1 is 1.03 bits per heavy atom. The lowest BCUT2D eigenvalue weighted by Gasteiger charge is -2.13. The lowest BCUT2D eigenvalue weighted by molar-refractivity contribution is -0.137. The summed E-state index contributed by atoms with van der Waals surface area (Å²) in [5.74, 6) is 0.310. The van der Waals surface area contributed by atoms with E-state index in [4.69, 9.17) is 16.3 Å². The molecule has 0 aliphatic rings. The van der Waals surface area contributed by atoms with Crippen LogP contribution in [0.15, 0.2) is 59.5 Å². The van der Waals surface area contributed by atoms with Crippen LogP contribution in [0.25, 0.3) is 11.3 Å². The Balaban J connectivity index is 1.93. The molecule has 0 amide bonds. The first-order chi connectivity index (χ1) is 13.6. The molecule has 1 N–H and O–H groups in total. The molecule has 2 aromatic carbocycles. The Hall–Kier alpha value is -2.85. The van der Waals surface area contributed by atoms with Gasteiger partial charge in [-0.15, -0.1) is 10.2 Å². The molecule has 152 valence electrons. The van der Waals surface area contributed by atoms with Gasteiger partial charge in [0.25, 0.3) is 10.0 Å². The number of sulfonamides is 1. The van der Waals surface area contributed by atoms with Crippen LogP contribution in [0.2, 0.25) is 5.02 Å². The summed E-state index contributed by atoms with van der Waals surface area (Å²) < 4.78 is 71.2. The molecule has 0 saturated carbocycles. The predicted molar refractivity (Wildman–Crippen MR) is 101 cm³/mol. The van der Waals surface area contributed by atoms with Crippen molar-refractivity contribution in [2.24, 2.45) is 0 Å². The molecule has 3 rings (SSSR count). The summed E-state index contributed by atoms with van der Waals surface area (Å²) in [6, 6.07) is 11.5. The summed E-state index contributed by atoms with van der Waals surface area (Å²) in [6.45, 7) is 0. The van der Waals surface area contributed by atoms with Gasteiger partial charge in [0.1, 0.15) is 4.90 Å². The molecule has 0 saturated heterocycles. The molecular formula is C18H13ClF3N3O3S. The SMILES string of the molecule is COc1ccc(-c2cccc(NS(=O)(=O)c3cc(C(F)(F)F)ccc3Cl)c2)nn1. The van der Waals surface area contributed by atoms with E-state index in [1.165, 1.54) is 19.2 Å². The highest BCUT2D eigenvalue weighted by Crippen LogP contribution is 2.34. The highest BCUT2D eigenvalue weighted by Gasteiger charge is 2.32. The third-order valence-corrected chi connectivity index (χ3v) is 5.67. The fourth-order valence-electron chi connectivity index (χ4n) is 2.42. The third-order valence-electron chi connectivity index (χ3n) is 3.81. The summed E-state index contributed by atoms with van der Waals surface area (Å²) in [4.78, 5) is -0.677. The van der Waals surface area contributed by atoms with Crippen molar-refractivity contribution in [1.82, 2.24) is 10.2 Å². The largest absolute Gasteiger partial charge is 0.480 e. The van der Waals surface area contributed by atoms with Crippen molar-refractivity contribution in [3.63, 3.8) is 0 Å². The van der Waals surface area contributed by atoms with Crippen molar-refractivity contribution in [3.05, 3.63) is 65.2 Å². The van der Waals surface area contributed by atoms with E-state index in [2.05, 4.69) is 14.9 Å². The number of nitrogens with one attached hydrogen (secondary N) is 1. The summed E-state index contributed by atoms with van der Waals surface area (Å²) in [5, 5.41) is 7.47. The summed E-state index contributed by atoms with van der Waals surface area (Å²) in [5.41, 5.74) is -0.0161. The number of hydrogen-bond donors (Lipinski definition) is 1. The van der Waals surface area contributed by atoms with E-state index in [0.717, 1.165) is 6.07 Å². The topological polar surface area (TPSA) is 81.2 Å². The smallest absolute Gasteiger partial charge is 0.416 e. The van der Waals surface area contributed by atoms with Crippen LogP contribution in [0.1, 0.15) is 5.56 Å². The van der Waals surface area contributed by atoms with Gasteiger partial charge in [0.15, 0.2) is 0 Å². The third kappa shape index (κ3) is 4.77. The first-order valence-corrected chi connectivity index (χ1v) is 9.84. The summed E-state index contributed by atoms with van der Waals surface area (Å²) in [6.07, 6.45) is -4.71. The number of halogens is 4. The normalized spacial score (nSPS) is 11.9. The van der Waals surface area contributed by atoms with Crippen molar-refractivity contribution >= 4 is 27.3 Å². The van der Waals surface area contributed by atoms with Crippen LogP contribution in [0.4, 0.5) is 18.9 Å². The molecule has 0 aliphatic heterocycles. The van der Waals surface area contributed by atoms with E-state index in [1.54, 1.807) is 24.3 Å². The average molecular weight is 444 g/mol. The lowest BCUT2D eigenvalue weighted by atomic mass is 10.1. The number of alkyl halides is 3. The number of aromatic nitrogens is 2. The van der Waals surface area contributed by atoms with E-state index in [1.807, 2.05) is 0 Å². The zero-order chi connectivity index (χ0) is 21.2. The summed E-state index contributed by atoms with van der Waals surface area (Å²) in [7, 11) is -2.93. The van der Waals surface area contributed by atoms with Gasteiger partial charge in [-0.2, -0.15) is 13.2 Å². The van der Waals surface area contributed by atoms with Crippen LogP contribution in [-0.4, -0.2) is 25.7 Å². The van der Waals surface area contributed by atoms with E-state index in [0.29, 0.717) is 29.3 Å². The molecule has 6 nitrogen and oxygen atoms in total. The molecule has 1 aromatic heterocycles. The zero-order valence-electron chi connectivity index (χ0n) is 14.7. The van der Waals surface area contributed by atoms with Crippen LogP contribution >= 0.6 is 11.6 Å². The number of methoxy groups -OCH3 is 1. The van der Waals surface area contributed by atoms with E-state index in [-0.39, 0.29) is 10.7 Å². The van der Waals surface area contributed by atoms with E-state index < -0.39 is 26.7 Å². The van der Waals surface area contributed by atoms with Crippen molar-refractivity contribution in [2.45, 2.75) is 11.1 Å². The fourth-order valence-corrected chi connectivity index (χ4v) is 4.00. The van der Waals surface area contributed by atoms with Crippen molar-refractivity contribution < 1.29 is 26.3 Å². The van der Waals surface area contributed by atoms with Gasteiger partial charge in [-0.3, -0.25) is 4.72 Å². The summed E-state index contributed by atoms with van der Waals surface area (Å²) >= 11 is 5.84. The van der Waals surface area contributed by atoms with Crippen molar-refractivity contribution in [3.8, 4) is 17.1 Å². The highest BCUT2D eigenvalue weighted by molar-refractivity contribution is 7.92. The minimum Gasteiger partial charge on any atom is -0.480 e. The van der Waals surface area contributed by atoms with Gasteiger partial charge >= 0.3 is 6.18 Å². The number of nitrogens with zero attached hydrogens (tertiary/aromatic N) is 2. The maximum atomic E-state index is 12.9. The lowest BCUT2D eigenvalue weighted by Crippen LogP contribution is -2.15. The number of ether oxygens (including phenoxy) is 1. The van der Waals surface area contributed by atoms with Gasteiger partial charge in [-0.05, 0) is 36.4 Å². The monoisotopic (exact) mass is 443 g/mol. The molecule has 0 bridgehead atoms. The van der Waals surface area contributed by atoms with Crippen molar-refractivity contribution in [2.75, 3.05) is 11.8 Å². The molecule has 11 heteroatoms. The maximum Gasteiger partial charge on any atom is 0.416 e. The second-order valence-electron chi connectivity index (χ2n) is 5.79. The molecule has 3 aromatic rings. The molecule has 0 atom stereocenters. The van der Waals surface area contributed by atoms with Gasteiger partial charge in [0.2, 0.25) is 5.88 Å². The Bertz CT molecular complexity index is 1140. The minimum absolute atomic E-state index is 0.119. The molecule has 0 spiro atoms. The predicted octanol–water partition coefficient (Wildman–Crippen LogP) is 4.63. The Labute approximate surface area is 169 Å². The molecular weight excluding hydrogens is 431 g/mol. The molecule has 1 heterocycles. The van der Waals surface area contributed by atoms with Gasteiger partial charge in [-0.1, -0.05) is 23.7 Å². The first-order valence-electron chi connectivity index (χ1n) is 7.98. The fraction of sp³-hybridized carbons (Fsp3) is 0.111. The van der Waals surface area contributed by atoms with Gasteiger partial charge in [0, 0.05) is 17.3 Å². The van der Waals surface area contributed by atoms with Crippen LogP contribution in [-0.2, 0) is 16.2 Å². The van der Waals surface area contributed by atoms with Crippen molar-refractivity contribution in [1.29, 1.82) is 0 Å². The molecule has 0 radical (unpaired) electrons. The van der Waals surface area contributed by atoms with E-state index in [9.17, 15) is 21.6 Å². The Kier molecular flexibility index (Phi) is 5.67. The maximum absolute atomic E-state index is 12.9. The van der Waals surface area contributed by atoms with Gasteiger partial charge in [-0.25, -0.2) is 8.42 Å². The minimum atomic E-state index is -4.71. The second kappa shape index (κ2) is 7.88. The van der Waals surface area contributed by atoms with Crippen LogP contribution in [0, 0.1) is 0 Å². The number of anilines is 1. The van der Waals surface area contributed by atoms with Crippen LogP contribution in [0.5, 0.6) is 5.88 Å². The zero-order valence-corrected chi connectivity index (χ0v) is 16.3. The molecule has 29 heavy (non-hydrogen) atoms. The Morgan fingerprint density at radius 3 is 2.41 bits per heavy atom. The molecule has 0 unspecified atom stereocenters. The standard InChI is InChI=1S/C18H13ClF3N3O3S/c1-28-17-8-7-15(23-24-17)11-3-2-4-13(9-11)25-29(26,27)16-10-12(18(20,21)22)5-6-14(16)19/h2-10,25H,1H3. The quantitative estimate of drug-likeness (QED) is 0.622. The number of hydrogen-bond acceptors (Lipinski definition) is 5. The average Bonchev–Trinajstić information content (AvgIpc) is 2.67. The first kappa shape index (κ1) is 20.9. The van der Waals surface area contributed by atoms with Crippen LogP contribution in [0.3, 0.4) is 0 Å². The van der Waals surface area contributed by atoms with Gasteiger partial charge < -0.3 is 4.74 Å². The molecule has 0 fully saturated rings.